The van der Waals surface area contributed by atoms with Crippen LogP contribution in [0.2, 0.25) is 0 Å². The first-order valence-electron chi connectivity index (χ1n) is 7.29. The second-order valence-electron chi connectivity index (χ2n) is 7.58. The standard InChI is InChI=1S/C16H28N2O3/c1-9(2)16(21)8-10(14(17)20)12(19)11(18(6)7)13(16)15(3,4)5/h8-9,11,13,21H,1-7H3,(H2,17,20)/t11-,13?,16-/m1/s1. The zero-order valence-electron chi connectivity index (χ0n) is 14.1. The van der Waals surface area contributed by atoms with Gasteiger partial charge in [0.25, 0.3) is 5.91 Å². The molecular weight excluding hydrogens is 268 g/mol. The number of rotatable bonds is 3. The number of ketones is 1. The summed E-state index contributed by atoms with van der Waals surface area (Å²) in [5.74, 6) is -1.57. The highest BCUT2D eigenvalue weighted by Crippen LogP contribution is 2.46. The van der Waals surface area contributed by atoms with Crippen molar-refractivity contribution in [2.75, 3.05) is 14.1 Å². The lowest BCUT2D eigenvalue weighted by Gasteiger charge is -2.52. The van der Waals surface area contributed by atoms with Crippen LogP contribution >= 0.6 is 0 Å². The highest BCUT2D eigenvalue weighted by atomic mass is 16.3. The van der Waals surface area contributed by atoms with E-state index in [1.807, 2.05) is 34.6 Å². The summed E-state index contributed by atoms with van der Waals surface area (Å²) in [7, 11) is 3.57. The first kappa shape index (κ1) is 17.9. The van der Waals surface area contributed by atoms with Crippen LogP contribution < -0.4 is 5.73 Å². The van der Waals surface area contributed by atoms with Crippen LogP contribution in [0.3, 0.4) is 0 Å². The Balaban J connectivity index is 3.64. The van der Waals surface area contributed by atoms with Crippen molar-refractivity contribution in [2.24, 2.45) is 23.0 Å². The molecule has 0 radical (unpaired) electrons. The molecule has 21 heavy (non-hydrogen) atoms. The van der Waals surface area contributed by atoms with Crippen molar-refractivity contribution in [1.29, 1.82) is 0 Å². The molecule has 1 aliphatic rings. The number of amides is 1. The summed E-state index contributed by atoms with van der Waals surface area (Å²) in [5, 5.41) is 11.2. The van der Waals surface area contributed by atoms with E-state index in [1.54, 1.807) is 19.0 Å². The molecule has 1 rings (SSSR count). The molecule has 3 N–H and O–H groups in total. The van der Waals surface area contributed by atoms with Crippen molar-refractivity contribution < 1.29 is 14.7 Å². The van der Waals surface area contributed by atoms with Crippen LogP contribution in [0.5, 0.6) is 0 Å². The average Bonchev–Trinajstić information content (AvgIpc) is 2.28. The minimum Gasteiger partial charge on any atom is -0.385 e. The Morgan fingerprint density at radius 3 is 2.14 bits per heavy atom. The summed E-state index contributed by atoms with van der Waals surface area (Å²) in [6, 6.07) is -0.579. The van der Waals surface area contributed by atoms with Crippen molar-refractivity contribution in [2.45, 2.75) is 46.3 Å². The minimum atomic E-state index is -1.26. The number of carbonyl (C=O) groups excluding carboxylic acids is 2. The molecule has 120 valence electrons. The Hall–Kier alpha value is -1.20. The zero-order valence-corrected chi connectivity index (χ0v) is 14.1. The molecule has 1 unspecified atom stereocenters. The lowest BCUT2D eigenvalue weighted by Crippen LogP contribution is -2.62. The fourth-order valence-corrected chi connectivity index (χ4v) is 3.37. The topological polar surface area (TPSA) is 83.6 Å². The summed E-state index contributed by atoms with van der Waals surface area (Å²) in [4.78, 5) is 26.0. The third-order valence-electron chi connectivity index (χ3n) is 4.40. The van der Waals surface area contributed by atoms with Crippen LogP contribution in [0.25, 0.3) is 0 Å². The lowest BCUT2D eigenvalue weighted by atomic mass is 9.58. The molecular formula is C16H28N2O3. The van der Waals surface area contributed by atoms with Gasteiger partial charge in [0.05, 0.1) is 17.2 Å². The average molecular weight is 296 g/mol. The molecule has 0 bridgehead atoms. The highest BCUT2D eigenvalue weighted by molar-refractivity contribution is 6.21. The summed E-state index contributed by atoms with van der Waals surface area (Å²) in [6.45, 7) is 9.76. The predicted octanol–water partition coefficient (Wildman–Crippen LogP) is 0.960. The fourth-order valence-electron chi connectivity index (χ4n) is 3.37. The summed E-state index contributed by atoms with van der Waals surface area (Å²) in [5.41, 5.74) is 3.67. The van der Waals surface area contributed by atoms with E-state index in [0.717, 1.165) is 0 Å². The van der Waals surface area contributed by atoms with Crippen molar-refractivity contribution in [1.82, 2.24) is 4.90 Å². The number of nitrogens with two attached hydrogens (primary N) is 1. The lowest BCUT2D eigenvalue weighted by molar-refractivity contribution is -0.141. The first-order valence-corrected chi connectivity index (χ1v) is 7.29. The Kier molecular flexibility index (Phi) is 4.71. The highest BCUT2D eigenvalue weighted by Gasteiger charge is 2.55. The van der Waals surface area contributed by atoms with Crippen LogP contribution in [0.1, 0.15) is 34.6 Å². The van der Waals surface area contributed by atoms with Gasteiger partial charge >= 0.3 is 0 Å². The SMILES string of the molecule is CC(C)[C@]1(O)C=C(C(N)=O)C(=O)[C@@H](N(C)C)C1C(C)(C)C. The van der Waals surface area contributed by atoms with Crippen LogP contribution in [-0.4, -0.2) is 47.4 Å². The van der Waals surface area contributed by atoms with E-state index in [1.165, 1.54) is 6.08 Å². The molecule has 1 amide bonds. The van der Waals surface area contributed by atoms with Gasteiger partial charge in [-0.15, -0.1) is 0 Å². The van der Waals surface area contributed by atoms with E-state index >= 15 is 0 Å². The monoisotopic (exact) mass is 296 g/mol. The van der Waals surface area contributed by atoms with E-state index in [2.05, 4.69) is 0 Å². The molecule has 0 aromatic heterocycles. The molecule has 0 fully saturated rings. The zero-order chi connectivity index (χ0) is 16.7. The molecule has 5 nitrogen and oxygen atoms in total. The van der Waals surface area contributed by atoms with Gasteiger partial charge in [-0.3, -0.25) is 14.5 Å². The Morgan fingerprint density at radius 2 is 1.86 bits per heavy atom. The molecule has 0 saturated carbocycles. The molecule has 0 heterocycles. The Morgan fingerprint density at radius 1 is 1.38 bits per heavy atom. The van der Waals surface area contributed by atoms with Crippen molar-refractivity contribution >= 4 is 11.7 Å². The number of hydrogen-bond acceptors (Lipinski definition) is 4. The second kappa shape index (κ2) is 5.54. The number of hydrogen-bond donors (Lipinski definition) is 2. The molecule has 1 aliphatic carbocycles. The van der Waals surface area contributed by atoms with Crippen LogP contribution in [-0.2, 0) is 9.59 Å². The molecule has 5 heteroatoms. The van der Waals surface area contributed by atoms with E-state index in [0.29, 0.717) is 0 Å². The second-order valence-corrected chi connectivity index (χ2v) is 7.58. The van der Waals surface area contributed by atoms with Crippen molar-refractivity contribution in [3.05, 3.63) is 11.6 Å². The van der Waals surface area contributed by atoms with Crippen molar-refractivity contribution in [3.8, 4) is 0 Å². The van der Waals surface area contributed by atoms with Gasteiger partial charge in [-0.25, -0.2) is 0 Å². The maximum Gasteiger partial charge on any atom is 0.252 e. The van der Waals surface area contributed by atoms with Gasteiger partial charge in [-0.1, -0.05) is 34.6 Å². The smallest absolute Gasteiger partial charge is 0.252 e. The summed E-state index contributed by atoms with van der Waals surface area (Å²) >= 11 is 0. The van der Waals surface area contributed by atoms with E-state index in [9.17, 15) is 14.7 Å². The van der Waals surface area contributed by atoms with Gasteiger partial charge < -0.3 is 10.8 Å². The minimum absolute atomic E-state index is 0.0922. The molecule has 0 spiro atoms. The number of likely N-dealkylation sites (N-methyl/N-ethyl adjacent to an activating group) is 1. The maximum atomic E-state index is 12.7. The molecule has 0 aromatic carbocycles. The van der Waals surface area contributed by atoms with Crippen LogP contribution in [0.4, 0.5) is 0 Å². The van der Waals surface area contributed by atoms with Gasteiger partial charge in [0.1, 0.15) is 0 Å². The van der Waals surface area contributed by atoms with Crippen molar-refractivity contribution in [3.63, 3.8) is 0 Å². The van der Waals surface area contributed by atoms with Gasteiger partial charge in [0.15, 0.2) is 5.78 Å². The maximum absolute atomic E-state index is 12.7. The number of carbonyl (C=O) groups is 2. The quantitative estimate of drug-likeness (QED) is 0.760. The normalized spacial score (nSPS) is 30.8. The van der Waals surface area contributed by atoms with E-state index < -0.39 is 17.6 Å². The van der Waals surface area contributed by atoms with Gasteiger partial charge in [0.2, 0.25) is 0 Å². The largest absolute Gasteiger partial charge is 0.385 e. The Bertz CT molecular complexity index is 474. The molecule has 3 atom stereocenters. The third-order valence-corrected chi connectivity index (χ3v) is 4.40. The predicted molar refractivity (Wildman–Crippen MR) is 82.5 cm³/mol. The number of nitrogens with zero attached hydrogens (tertiary/aromatic N) is 1. The van der Waals surface area contributed by atoms with Gasteiger partial charge in [-0.05, 0) is 31.5 Å². The van der Waals surface area contributed by atoms with Gasteiger partial charge in [0, 0.05) is 5.92 Å². The van der Waals surface area contributed by atoms with E-state index in [-0.39, 0.29) is 28.6 Å². The van der Waals surface area contributed by atoms with E-state index in [4.69, 9.17) is 5.73 Å². The number of primary amides is 1. The number of aliphatic hydroxyl groups is 1. The summed E-state index contributed by atoms with van der Waals surface area (Å²) in [6.07, 6.45) is 1.39. The van der Waals surface area contributed by atoms with Gasteiger partial charge in [-0.2, -0.15) is 0 Å². The fraction of sp³-hybridized carbons (Fsp3) is 0.750. The first-order chi connectivity index (χ1) is 9.34. The molecule has 0 aliphatic heterocycles. The van der Waals surface area contributed by atoms with Crippen LogP contribution in [0.15, 0.2) is 11.6 Å². The Labute approximate surface area is 127 Å². The van der Waals surface area contributed by atoms with Crippen LogP contribution in [0, 0.1) is 17.3 Å². The number of Topliss-reactive ketones (excluding diaryl/α,β-unsaturated/α-hetero) is 1. The summed E-state index contributed by atoms with van der Waals surface area (Å²) < 4.78 is 0. The third kappa shape index (κ3) is 3.04. The molecule has 0 saturated heterocycles. The molecule has 0 aromatic rings.